The lowest BCUT2D eigenvalue weighted by Crippen LogP contribution is -2.23. The van der Waals surface area contributed by atoms with Crippen molar-refractivity contribution in [1.29, 1.82) is 0 Å². The summed E-state index contributed by atoms with van der Waals surface area (Å²) in [5.74, 6) is 1.38. The highest BCUT2D eigenvalue weighted by molar-refractivity contribution is 7.99. The minimum absolute atomic E-state index is 0.353. The largest absolute Gasteiger partial charge is 0.448 e. The van der Waals surface area contributed by atoms with Gasteiger partial charge in [0, 0.05) is 11.3 Å². The lowest BCUT2D eigenvalue weighted by Gasteiger charge is -2.15. The summed E-state index contributed by atoms with van der Waals surface area (Å²) in [6.07, 6.45) is 3.66. The van der Waals surface area contributed by atoms with Crippen molar-refractivity contribution in [3.8, 4) is 17.1 Å². The molecule has 1 aliphatic heterocycles. The van der Waals surface area contributed by atoms with E-state index in [1.54, 1.807) is 11.8 Å². The Balaban J connectivity index is 1.72. The molecule has 0 fully saturated rings. The van der Waals surface area contributed by atoms with E-state index in [-0.39, 0.29) is 6.23 Å². The van der Waals surface area contributed by atoms with Crippen LogP contribution in [0.4, 0.5) is 5.69 Å². The molecular formula is C20H18N4OS. The van der Waals surface area contributed by atoms with Crippen LogP contribution in [0.25, 0.3) is 17.3 Å². The number of hydrogen-bond donors (Lipinski definition) is 1. The summed E-state index contributed by atoms with van der Waals surface area (Å²) in [4.78, 5) is 4.56. The number of fused-ring (bicyclic) bond motifs is 3. The van der Waals surface area contributed by atoms with E-state index in [0.29, 0.717) is 16.7 Å². The maximum Gasteiger partial charge on any atom is 0.247 e. The third-order valence-electron chi connectivity index (χ3n) is 3.89. The highest BCUT2D eigenvalue weighted by Gasteiger charge is 2.23. The first kappa shape index (κ1) is 16.6. The van der Waals surface area contributed by atoms with E-state index in [4.69, 9.17) is 4.74 Å². The van der Waals surface area contributed by atoms with Crippen LogP contribution in [-0.4, -0.2) is 27.2 Å². The van der Waals surface area contributed by atoms with Crippen molar-refractivity contribution >= 4 is 23.5 Å². The molecule has 1 N–H and O–H groups in total. The molecule has 4 rings (SSSR count). The van der Waals surface area contributed by atoms with Gasteiger partial charge in [-0.15, -0.1) is 10.2 Å². The first-order valence-electron chi connectivity index (χ1n) is 8.47. The molecule has 1 atom stereocenters. The quantitative estimate of drug-likeness (QED) is 0.690. The maximum atomic E-state index is 6.12. The molecular weight excluding hydrogens is 344 g/mol. The fourth-order valence-corrected chi connectivity index (χ4v) is 3.21. The van der Waals surface area contributed by atoms with Crippen molar-refractivity contribution in [2.75, 3.05) is 11.1 Å². The third-order valence-corrected chi connectivity index (χ3v) is 4.61. The zero-order valence-electron chi connectivity index (χ0n) is 14.3. The number of benzene rings is 2. The Morgan fingerprint density at radius 2 is 1.88 bits per heavy atom. The Hall–Kier alpha value is -2.86. The Morgan fingerprint density at radius 1 is 1.08 bits per heavy atom. The Kier molecular flexibility index (Phi) is 4.84. The molecule has 0 radical (unpaired) electrons. The predicted octanol–water partition coefficient (Wildman–Crippen LogP) is 4.49. The number of nitrogens with zero attached hydrogens (tertiary/aromatic N) is 3. The molecule has 0 saturated heterocycles. The normalized spacial score (nSPS) is 15.5. The van der Waals surface area contributed by atoms with Gasteiger partial charge < -0.3 is 10.1 Å². The number of nitrogens with one attached hydrogen (secondary N) is 1. The number of anilines is 1. The van der Waals surface area contributed by atoms with E-state index >= 15 is 0 Å². The van der Waals surface area contributed by atoms with Crippen LogP contribution in [0.3, 0.4) is 0 Å². The van der Waals surface area contributed by atoms with Gasteiger partial charge in [-0.3, -0.25) is 0 Å². The van der Waals surface area contributed by atoms with Gasteiger partial charge in [0.1, 0.15) is 0 Å². The summed E-state index contributed by atoms with van der Waals surface area (Å²) < 4.78 is 6.12. The van der Waals surface area contributed by atoms with E-state index in [0.717, 1.165) is 22.6 Å². The second-order valence-corrected chi connectivity index (χ2v) is 6.91. The highest BCUT2D eigenvalue weighted by atomic mass is 32.2. The molecule has 1 aromatic heterocycles. The van der Waals surface area contributed by atoms with Gasteiger partial charge >= 0.3 is 0 Å². The summed E-state index contributed by atoms with van der Waals surface area (Å²) in [6.45, 7) is 2.06. The van der Waals surface area contributed by atoms with Crippen LogP contribution in [0.5, 0.6) is 5.88 Å². The molecule has 0 bridgehead atoms. The van der Waals surface area contributed by atoms with E-state index < -0.39 is 0 Å². The van der Waals surface area contributed by atoms with Gasteiger partial charge in [-0.05, 0) is 23.5 Å². The molecule has 0 saturated carbocycles. The topological polar surface area (TPSA) is 59.9 Å². The van der Waals surface area contributed by atoms with Crippen molar-refractivity contribution in [2.24, 2.45) is 0 Å². The molecule has 5 nitrogen and oxygen atoms in total. The minimum Gasteiger partial charge on any atom is -0.448 e. The van der Waals surface area contributed by atoms with Gasteiger partial charge in [-0.25, -0.2) is 0 Å². The van der Waals surface area contributed by atoms with Crippen LogP contribution in [-0.2, 0) is 0 Å². The standard InChI is InChI=1S/C20H18N4OS/c1-2-26-20-22-19-18(23-24-20)15-10-6-7-11-16(15)21-17(25-19)13-12-14-8-4-3-5-9-14/h3-13,17,21H,2H2,1H3/b13-12-/t17-/m1/s1. The predicted molar refractivity (Wildman–Crippen MR) is 105 cm³/mol. The molecule has 2 aromatic carbocycles. The van der Waals surface area contributed by atoms with Crippen LogP contribution >= 0.6 is 11.8 Å². The number of hydrogen-bond acceptors (Lipinski definition) is 6. The lowest BCUT2D eigenvalue weighted by molar-refractivity contribution is 0.266. The van der Waals surface area contributed by atoms with Crippen LogP contribution in [0, 0.1) is 0 Å². The second kappa shape index (κ2) is 7.58. The van der Waals surface area contributed by atoms with Gasteiger partial charge in [0.15, 0.2) is 11.9 Å². The Morgan fingerprint density at radius 3 is 2.73 bits per heavy atom. The van der Waals surface area contributed by atoms with Gasteiger partial charge in [-0.1, -0.05) is 73.3 Å². The first-order chi connectivity index (χ1) is 12.8. The Bertz CT molecular complexity index is 930. The van der Waals surface area contributed by atoms with E-state index in [9.17, 15) is 0 Å². The number of ether oxygens (including phenoxy) is 1. The summed E-state index contributed by atoms with van der Waals surface area (Å²) in [7, 11) is 0. The monoisotopic (exact) mass is 362 g/mol. The molecule has 0 spiro atoms. The van der Waals surface area contributed by atoms with Crippen molar-refractivity contribution in [1.82, 2.24) is 15.2 Å². The Labute approximate surface area is 156 Å². The van der Waals surface area contributed by atoms with Crippen LogP contribution in [0.1, 0.15) is 12.5 Å². The molecule has 130 valence electrons. The zero-order valence-corrected chi connectivity index (χ0v) is 15.1. The fraction of sp³-hybridized carbons (Fsp3) is 0.150. The molecule has 26 heavy (non-hydrogen) atoms. The van der Waals surface area contributed by atoms with Crippen LogP contribution in [0.2, 0.25) is 0 Å². The molecule has 0 amide bonds. The average molecular weight is 362 g/mol. The number of thioether (sulfide) groups is 1. The summed E-state index contributed by atoms with van der Waals surface area (Å²) in [5, 5.41) is 12.6. The summed E-state index contributed by atoms with van der Waals surface area (Å²) in [5.41, 5.74) is 3.65. The summed E-state index contributed by atoms with van der Waals surface area (Å²) >= 11 is 1.54. The molecule has 6 heteroatoms. The van der Waals surface area contributed by atoms with Gasteiger partial charge in [0.05, 0.1) is 0 Å². The van der Waals surface area contributed by atoms with Crippen molar-refractivity contribution < 1.29 is 4.74 Å². The number of aromatic nitrogens is 3. The van der Waals surface area contributed by atoms with Gasteiger partial charge in [-0.2, -0.15) is 4.98 Å². The van der Waals surface area contributed by atoms with E-state index in [1.165, 1.54) is 0 Å². The molecule has 2 heterocycles. The van der Waals surface area contributed by atoms with E-state index in [1.807, 2.05) is 54.6 Å². The lowest BCUT2D eigenvalue weighted by atomic mass is 10.1. The smallest absolute Gasteiger partial charge is 0.247 e. The van der Waals surface area contributed by atoms with Gasteiger partial charge in [0.2, 0.25) is 11.0 Å². The van der Waals surface area contributed by atoms with Crippen LogP contribution in [0.15, 0.2) is 65.8 Å². The highest BCUT2D eigenvalue weighted by Crippen LogP contribution is 2.36. The van der Waals surface area contributed by atoms with Crippen molar-refractivity contribution in [2.45, 2.75) is 18.3 Å². The fourth-order valence-electron chi connectivity index (χ4n) is 2.71. The molecule has 1 aliphatic rings. The molecule has 0 unspecified atom stereocenters. The SMILES string of the molecule is CCSc1nnc2c(n1)O[C@H](/C=C\c1ccccc1)Nc1ccccc1-2. The van der Waals surface area contributed by atoms with Gasteiger partial charge in [0.25, 0.3) is 0 Å². The number of para-hydroxylation sites is 1. The third kappa shape index (κ3) is 3.55. The number of rotatable bonds is 4. The average Bonchev–Trinajstić information content (AvgIpc) is 2.83. The molecule has 3 aromatic rings. The van der Waals surface area contributed by atoms with Crippen LogP contribution < -0.4 is 10.1 Å². The summed E-state index contributed by atoms with van der Waals surface area (Å²) in [6, 6.07) is 18.1. The zero-order chi connectivity index (χ0) is 17.8. The van der Waals surface area contributed by atoms with Crippen molar-refractivity contribution in [3.63, 3.8) is 0 Å². The first-order valence-corrected chi connectivity index (χ1v) is 9.45. The minimum atomic E-state index is -0.353. The second-order valence-electron chi connectivity index (χ2n) is 5.68. The van der Waals surface area contributed by atoms with E-state index in [2.05, 4.69) is 39.6 Å². The van der Waals surface area contributed by atoms with Crippen molar-refractivity contribution in [3.05, 3.63) is 66.2 Å². The molecule has 0 aliphatic carbocycles. The maximum absolute atomic E-state index is 6.12.